The van der Waals surface area contributed by atoms with Crippen molar-refractivity contribution in [2.24, 2.45) is 18.4 Å². The normalized spacial score (nSPS) is 30.0. The van der Waals surface area contributed by atoms with Crippen molar-refractivity contribution in [3.63, 3.8) is 0 Å². The molecule has 2 heterocycles. The zero-order valence-corrected chi connectivity index (χ0v) is 12.6. The van der Waals surface area contributed by atoms with Crippen LogP contribution >= 0.6 is 0 Å². The Labute approximate surface area is 121 Å². The van der Waals surface area contributed by atoms with Crippen LogP contribution in [0.15, 0.2) is 6.33 Å². The lowest BCUT2D eigenvalue weighted by Gasteiger charge is -2.34. The lowest BCUT2D eigenvalue weighted by Crippen LogP contribution is -2.44. The van der Waals surface area contributed by atoms with E-state index in [9.17, 15) is 0 Å². The Balaban J connectivity index is 1.77. The molecule has 1 aromatic heterocycles. The number of nitrogens with zero attached hydrogens (tertiary/aromatic N) is 3. The Hall–Kier alpha value is -0.940. The fraction of sp³-hybridized carbons (Fsp3) is 0.867. The van der Waals surface area contributed by atoms with E-state index in [0.717, 1.165) is 44.3 Å². The largest absolute Gasteiger partial charge is 0.377 e. The van der Waals surface area contributed by atoms with Crippen molar-refractivity contribution in [3.8, 4) is 0 Å². The zero-order chi connectivity index (χ0) is 14.0. The van der Waals surface area contributed by atoms with E-state index in [1.165, 1.54) is 19.3 Å². The first kappa shape index (κ1) is 14.0. The number of aryl methyl sites for hydroxylation is 1. The molecule has 1 saturated carbocycles. The maximum absolute atomic E-state index is 6.11. The van der Waals surface area contributed by atoms with Crippen LogP contribution in [0.3, 0.4) is 0 Å². The Kier molecular flexibility index (Phi) is 4.08. The quantitative estimate of drug-likeness (QED) is 0.769. The third-order valence-corrected chi connectivity index (χ3v) is 4.77. The van der Waals surface area contributed by atoms with Gasteiger partial charge in [0, 0.05) is 32.0 Å². The Morgan fingerprint density at radius 3 is 3.00 bits per heavy atom. The standard InChI is InChI=1S/C15H26N4O/c1-3-7-16-10-15(9-13-17-11-18-19(13)2)6-8-20-14(15)12-4-5-12/h11-12,14,16H,3-10H2,1-2H3. The molecule has 1 saturated heterocycles. The molecule has 20 heavy (non-hydrogen) atoms. The van der Waals surface area contributed by atoms with E-state index in [2.05, 4.69) is 22.3 Å². The van der Waals surface area contributed by atoms with Crippen molar-refractivity contribution >= 4 is 0 Å². The van der Waals surface area contributed by atoms with E-state index in [4.69, 9.17) is 4.74 Å². The number of rotatable bonds is 7. The predicted octanol–water partition coefficient (Wildman–Crippen LogP) is 1.54. The van der Waals surface area contributed by atoms with Crippen molar-refractivity contribution < 1.29 is 4.74 Å². The number of aromatic nitrogens is 3. The smallest absolute Gasteiger partial charge is 0.138 e. The second kappa shape index (κ2) is 5.82. The first-order chi connectivity index (χ1) is 9.75. The predicted molar refractivity (Wildman–Crippen MR) is 77.4 cm³/mol. The Morgan fingerprint density at radius 1 is 1.50 bits per heavy atom. The first-order valence-corrected chi connectivity index (χ1v) is 7.90. The van der Waals surface area contributed by atoms with Gasteiger partial charge in [-0.2, -0.15) is 5.10 Å². The monoisotopic (exact) mass is 278 g/mol. The summed E-state index contributed by atoms with van der Waals surface area (Å²) in [5.41, 5.74) is 0.205. The van der Waals surface area contributed by atoms with E-state index in [0.29, 0.717) is 6.10 Å². The van der Waals surface area contributed by atoms with Gasteiger partial charge >= 0.3 is 0 Å². The molecular formula is C15H26N4O. The van der Waals surface area contributed by atoms with Crippen molar-refractivity contribution in [3.05, 3.63) is 12.2 Å². The molecule has 0 aromatic carbocycles. The highest BCUT2D eigenvalue weighted by Crippen LogP contribution is 2.49. The minimum absolute atomic E-state index is 0.205. The molecule has 1 aromatic rings. The van der Waals surface area contributed by atoms with Crippen LogP contribution in [-0.4, -0.2) is 40.6 Å². The molecule has 3 rings (SSSR count). The molecule has 5 nitrogen and oxygen atoms in total. The number of hydrogen-bond donors (Lipinski definition) is 1. The van der Waals surface area contributed by atoms with Gasteiger partial charge in [0.2, 0.25) is 0 Å². The van der Waals surface area contributed by atoms with Crippen LogP contribution in [0.2, 0.25) is 0 Å². The number of hydrogen-bond acceptors (Lipinski definition) is 4. The summed E-state index contributed by atoms with van der Waals surface area (Å²) in [4.78, 5) is 4.44. The van der Waals surface area contributed by atoms with Crippen LogP contribution < -0.4 is 5.32 Å². The zero-order valence-electron chi connectivity index (χ0n) is 12.6. The van der Waals surface area contributed by atoms with E-state index in [1.807, 2.05) is 11.7 Å². The Bertz CT molecular complexity index is 443. The summed E-state index contributed by atoms with van der Waals surface area (Å²) < 4.78 is 8.02. The summed E-state index contributed by atoms with van der Waals surface area (Å²) in [6.45, 7) is 5.23. The Morgan fingerprint density at radius 2 is 2.35 bits per heavy atom. The molecule has 1 N–H and O–H groups in total. The maximum Gasteiger partial charge on any atom is 0.138 e. The van der Waals surface area contributed by atoms with Gasteiger partial charge in [0.1, 0.15) is 12.2 Å². The molecule has 0 bridgehead atoms. The highest BCUT2D eigenvalue weighted by Gasteiger charge is 2.51. The van der Waals surface area contributed by atoms with Crippen LogP contribution in [0.1, 0.15) is 38.4 Å². The van der Waals surface area contributed by atoms with Crippen molar-refractivity contribution in [1.82, 2.24) is 20.1 Å². The van der Waals surface area contributed by atoms with Gasteiger partial charge in [0.25, 0.3) is 0 Å². The van der Waals surface area contributed by atoms with Gasteiger partial charge in [-0.25, -0.2) is 4.98 Å². The minimum atomic E-state index is 0.205. The molecule has 112 valence electrons. The first-order valence-electron chi connectivity index (χ1n) is 7.90. The molecule has 1 aliphatic heterocycles. The average molecular weight is 278 g/mol. The SMILES string of the molecule is CCCNCC1(Cc2ncnn2C)CCOC1C1CC1. The van der Waals surface area contributed by atoms with Crippen LogP contribution in [0.25, 0.3) is 0 Å². The molecule has 1 aliphatic carbocycles. The van der Waals surface area contributed by atoms with Crippen LogP contribution in [-0.2, 0) is 18.2 Å². The molecule has 0 spiro atoms. The highest BCUT2D eigenvalue weighted by atomic mass is 16.5. The van der Waals surface area contributed by atoms with Gasteiger partial charge in [0.05, 0.1) is 6.10 Å². The van der Waals surface area contributed by atoms with E-state index < -0.39 is 0 Å². The average Bonchev–Trinajstić information content (AvgIpc) is 3.09. The van der Waals surface area contributed by atoms with E-state index in [1.54, 1.807) is 6.33 Å². The van der Waals surface area contributed by atoms with Gasteiger partial charge in [-0.15, -0.1) is 0 Å². The van der Waals surface area contributed by atoms with E-state index in [-0.39, 0.29) is 5.41 Å². The molecule has 2 fully saturated rings. The third kappa shape index (κ3) is 2.74. The summed E-state index contributed by atoms with van der Waals surface area (Å²) in [6, 6.07) is 0. The maximum atomic E-state index is 6.11. The molecule has 5 heteroatoms. The lowest BCUT2D eigenvalue weighted by atomic mass is 9.75. The second-order valence-electron chi connectivity index (χ2n) is 6.39. The van der Waals surface area contributed by atoms with Crippen molar-refractivity contribution in [2.45, 2.75) is 45.1 Å². The summed E-state index contributed by atoms with van der Waals surface area (Å²) in [6.07, 6.45) is 8.01. The van der Waals surface area contributed by atoms with Crippen LogP contribution in [0.5, 0.6) is 0 Å². The van der Waals surface area contributed by atoms with Gasteiger partial charge in [-0.05, 0) is 38.1 Å². The van der Waals surface area contributed by atoms with Gasteiger partial charge < -0.3 is 10.1 Å². The summed E-state index contributed by atoms with van der Waals surface area (Å²) in [5.74, 6) is 1.86. The molecular weight excluding hydrogens is 252 g/mol. The molecule has 0 radical (unpaired) electrons. The molecule has 2 atom stereocenters. The van der Waals surface area contributed by atoms with Crippen molar-refractivity contribution in [2.75, 3.05) is 19.7 Å². The topological polar surface area (TPSA) is 52.0 Å². The third-order valence-electron chi connectivity index (χ3n) is 4.77. The second-order valence-corrected chi connectivity index (χ2v) is 6.39. The highest BCUT2D eigenvalue weighted by molar-refractivity contribution is 5.05. The van der Waals surface area contributed by atoms with E-state index >= 15 is 0 Å². The van der Waals surface area contributed by atoms with Gasteiger partial charge in [-0.1, -0.05) is 6.92 Å². The fourth-order valence-corrected chi connectivity index (χ4v) is 3.49. The fourth-order valence-electron chi connectivity index (χ4n) is 3.49. The van der Waals surface area contributed by atoms with Gasteiger partial charge in [-0.3, -0.25) is 4.68 Å². The molecule has 0 amide bonds. The number of nitrogens with one attached hydrogen (secondary N) is 1. The lowest BCUT2D eigenvalue weighted by molar-refractivity contribution is 0.0295. The summed E-state index contributed by atoms with van der Waals surface area (Å²) in [5, 5.41) is 7.84. The molecule has 2 aliphatic rings. The molecule has 2 unspecified atom stereocenters. The summed E-state index contributed by atoms with van der Waals surface area (Å²) in [7, 11) is 1.98. The van der Waals surface area contributed by atoms with Crippen molar-refractivity contribution in [1.29, 1.82) is 0 Å². The number of ether oxygens (including phenoxy) is 1. The minimum Gasteiger partial charge on any atom is -0.377 e. The van der Waals surface area contributed by atoms with Gasteiger partial charge in [0.15, 0.2) is 0 Å². The van der Waals surface area contributed by atoms with Crippen LogP contribution in [0.4, 0.5) is 0 Å². The van der Waals surface area contributed by atoms with Crippen LogP contribution in [0, 0.1) is 11.3 Å². The summed E-state index contributed by atoms with van der Waals surface area (Å²) >= 11 is 0.